The average Bonchev–Trinajstić information content (AvgIpc) is 2.72. The van der Waals surface area contributed by atoms with Crippen molar-refractivity contribution >= 4 is 29.1 Å². The van der Waals surface area contributed by atoms with Crippen molar-refractivity contribution in [1.29, 1.82) is 0 Å². The van der Waals surface area contributed by atoms with E-state index in [0.717, 1.165) is 0 Å². The number of nitrogens with one attached hydrogen (secondary N) is 4. The second kappa shape index (κ2) is 10.5. The molecular weight excluding hydrogens is 388 g/mol. The quantitative estimate of drug-likeness (QED) is 0.470. The summed E-state index contributed by atoms with van der Waals surface area (Å²) in [5, 5.41) is 5.35. The van der Waals surface area contributed by atoms with E-state index in [4.69, 9.17) is 9.47 Å². The minimum Gasteiger partial charge on any atom is -0.497 e. The van der Waals surface area contributed by atoms with Gasteiger partial charge in [0.2, 0.25) is 11.8 Å². The summed E-state index contributed by atoms with van der Waals surface area (Å²) in [4.78, 5) is 35.5. The van der Waals surface area contributed by atoms with Crippen LogP contribution in [0.4, 0.5) is 11.4 Å². The molecule has 3 amide bonds. The van der Waals surface area contributed by atoms with Crippen molar-refractivity contribution in [2.24, 2.45) is 0 Å². The van der Waals surface area contributed by atoms with E-state index in [1.54, 1.807) is 42.5 Å². The summed E-state index contributed by atoms with van der Waals surface area (Å²) in [5.74, 6) is 0.00689. The molecule has 0 saturated heterocycles. The maximum Gasteiger partial charge on any atom is 0.269 e. The van der Waals surface area contributed by atoms with Crippen LogP contribution in [0, 0.1) is 0 Å². The van der Waals surface area contributed by atoms with Crippen molar-refractivity contribution in [2.75, 3.05) is 24.9 Å². The smallest absolute Gasteiger partial charge is 0.269 e. The third-order valence-corrected chi connectivity index (χ3v) is 3.83. The van der Waals surface area contributed by atoms with Crippen LogP contribution in [0.15, 0.2) is 54.7 Å². The van der Waals surface area contributed by atoms with E-state index in [9.17, 15) is 14.4 Å². The second-order valence-electron chi connectivity index (χ2n) is 6.27. The van der Waals surface area contributed by atoms with Crippen LogP contribution in [-0.4, -0.2) is 31.9 Å². The molecule has 0 aliphatic carbocycles. The number of methoxy groups -OCH3 is 2. The SMILES string of the molecule is C=C(CC(=O)Nc1ccc(NC(C)=O)cc1)NNC(=O)c1cc(OC)cc(OC)c1. The number of amides is 3. The Kier molecular flexibility index (Phi) is 7.81. The lowest BCUT2D eigenvalue weighted by Gasteiger charge is -2.13. The predicted octanol–water partition coefficient (Wildman–Crippen LogP) is 2.44. The highest BCUT2D eigenvalue weighted by molar-refractivity contribution is 5.95. The topological polar surface area (TPSA) is 118 Å². The van der Waals surface area contributed by atoms with Crippen LogP contribution in [0.2, 0.25) is 0 Å². The van der Waals surface area contributed by atoms with Gasteiger partial charge in [0.05, 0.1) is 20.6 Å². The van der Waals surface area contributed by atoms with Gasteiger partial charge in [0.15, 0.2) is 0 Å². The zero-order chi connectivity index (χ0) is 22.1. The molecule has 0 unspecified atom stereocenters. The molecule has 2 aromatic carbocycles. The standard InChI is InChI=1S/C21H24N4O5/c1-13(9-20(27)23-17-7-5-16(6-8-17)22-14(2)26)24-25-21(28)15-10-18(29-3)12-19(11-15)30-4/h5-8,10-12,24H,1,9H2,2-4H3,(H,22,26)(H,23,27)(H,25,28). The molecule has 30 heavy (non-hydrogen) atoms. The molecule has 0 radical (unpaired) electrons. The highest BCUT2D eigenvalue weighted by atomic mass is 16.5. The Balaban J connectivity index is 1.84. The maximum absolute atomic E-state index is 12.3. The number of anilines is 2. The van der Waals surface area contributed by atoms with E-state index in [0.29, 0.717) is 34.1 Å². The van der Waals surface area contributed by atoms with E-state index in [1.165, 1.54) is 21.1 Å². The first kappa shape index (κ1) is 22.3. The number of carbonyl (C=O) groups excluding carboxylic acids is 3. The Bertz CT molecular complexity index is 919. The van der Waals surface area contributed by atoms with Crippen LogP contribution in [0.3, 0.4) is 0 Å². The molecule has 9 heteroatoms. The average molecular weight is 412 g/mol. The minimum absolute atomic E-state index is 0.0604. The van der Waals surface area contributed by atoms with Gasteiger partial charge in [-0.3, -0.25) is 19.8 Å². The number of ether oxygens (including phenoxy) is 2. The van der Waals surface area contributed by atoms with E-state index in [-0.39, 0.29) is 18.2 Å². The van der Waals surface area contributed by atoms with Gasteiger partial charge in [0, 0.05) is 35.6 Å². The number of hydrogen-bond donors (Lipinski definition) is 4. The predicted molar refractivity (Wildman–Crippen MR) is 113 cm³/mol. The van der Waals surface area contributed by atoms with E-state index >= 15 is 0 Å². The Morgan fingerprint density at radius 2 is 1.40 bits per heavy atom. The molecule has 0 atom stereocenters. The van der Waals surface area contributed by atoms with E-state index in [1.807, 2.05) is 0 Å². The number of hydrogen-bond acceptors (Lipinski definition) is 6. The summed E-state index contributed by atoms with van der Waals surface area (Å²) < 4.78 is 10.3. The minimum atomic E-state index is -0.442. The molecule has 0 aliphatic rings. The van der Waals surface area contributed by atoms with Gasteiger partial charge in [-0.25, -0.2) is 0 Å². The lowest BCUT2D eigenvalue weighted by molar-refractivity contribution is -0.116. The molecular formula is C21H24N4O5. The maximum atomic E-state index is 12.3. The molecule has 0 aliphatic heterocycles. The molecule has 9 nitrogen and oxygen atoms in total. The van der Waals surface area contributed by atoms with Crippen LogP contribution >= 0.6 is 0 Å². The number of hydrazine groups is 1. The van der Waals surface area contributed by atoms with Gasteiger partial charge in [0.25, 0.3) is 5.91 Å². The van der Waals surface area contributed by atoms with Crippen molar-refractivity contribution in [2.45, 2.75) is 13.3 Å². The second-order valence-corrected chi connectivity index (χ2v) is 6.27. The molecule has 2 aromatic rings. The van der Waals surface area contributed by atoms with Gasteiger partial charge >= 0.3 is 0 Å². The molecule has 0 saturated carbocycles. The van der Waals surface area contributed by atoms with E-state index < -0.39 is 5.91 Å². The van der Waals surface area contributed by atoms with Crippen molar-refractivity contribution in [3.63, 3.8) is 0 Å². The Morgan fingerprint density at radius 3 is 1.90 bits per heavy atom. The molecule has 2 rings (SSSR count). The fourth-order valence-corrected chi connectivity index (χ4v) is 2.44. The summed E-state index contributed by atoms with van der Waals surface area (Å²) in [7, 11) is 2.98. The zero-order valence-electron chi connectivity index (χ0n) is 17.0. The molecule has 0 spiro atoms. The van der Waals surface area contributed by atoms with Crippen molar-refractivity contribution < 1.29 is 23.9 Å². The van der Waals surface area contributed by atoms with Crippen molar-refractivity contribution in [3.8, 4) is 11.5 Å². The zero-order valence-corrected chi connectivity index (χ0v) is 17.0. The summed E-state index contributed by atoms with van der Waals surface area (Å²) in [6.45, 7) is 5.15. The summed E-state index contributed by atoms with van der Waals surface area (Å²) in [6, 6.07) is 11.4. The lowest BCUT2D eigenvalue weighted by atomic mass is 10.2. The van der Waals surface area contributed by atoms with Crippen LogP contribution < -0.4 is 31.0 Å². The Hall–Kier alpha value is -4.01. The molecule has 0 bridgehead atoms. The molecule has 0 aromatic heterocycles. The molecule has 0 heterocycles. The highest BCUT2D eigenvalue weighted by Gasteiger charge is 2.11. The monoisotopic (exact) mass is 412 g/mol. The highest BCUT2D eigenvalue weighted by Crippen LogP contribution is 2.22. The first-order valence-corrected chi connectivity index (χ1v) is 8.95. The number of carbonyl (C=O) groups is 3. The normalized spacial score (nSPS) is 9.83. The van der Waals surface area contributed by atoms with E-state index in [2.05, 4.69) is 28.1 Å². The molecule has 0 fully saturated rings. The van der Waals surface area contributed by atoms with Gasteiger partial charge in [0.1, 0.15) is 11.5 Å². The summed E-state index contributed by atoms with van der Waals surface area (Å²) in [5.41, 5.74) is 6.90. The van der Waals surface area contributed by atoms with Crippen LogP contribution in [0.25, 0.3) is 0 Å². The van der Waals surface area contributed by atoms with Gasteiger partial charge in [-0.2, -0.15) is 0 Å². The van der Waals surface area contributed by atoms with Crippen LogP contribution in [0.5, 0.6) is 11.5 Å². The fourth-order valence-electron chi connectivity index (χ4n) is 2.44. The van der Waals surface area contributed by atoms with Gasteiger partial charge in [-0.15, -0.1) is 0 Å². The first-order valence-electron chi connectivity index (χ1n) is 8.95. The summed E-state index contributed by atoms with van der Waals surface area (Å²) in [6.07, 6.45) is -0.0604. The van der Waals surface area contributed by atoms with Gasteiger partial charge < -0.3 is 25.5 Å². The third kappa shape index (κ3) is 6.86. The largest absolute Gasteiger partial charge is 0.497 e. The fraction of sp³-hybridized carbons (Fsp3) is 0.190. The molecule has 158 valence electrons. The van der Waals surface area contributed by atoms with Crippen LogP contribution in [0.1, 0.15) is 23.7 Å². The first-order chi connectivity index (χ1) is 14.3. The lowest BCUT2D eigenvalue weighted by Crippen LogP contribution is -2.37. The Morgan fingerprint density at radius 1 is 0.867 bits per heavy atom. The Labute approximate surface area is 174 Å². The third-order valence-electron chi connectivity index (χ3n) is 3.83. The van der Waals surface area contributed by atoms with Gasteiger partial charge in [-0.1, -0.05) is 6.58 Å². The number of rotatable bonds is 9. The van der Waals surface area contributed by atoms with Gasteiger partial charge in [-0.05, 0) is 36.4 Å². The summed E-state index contributed by atoms with van der Waals surface area (Å²) >= 11 is 0. The van der Waals surface area contributed by atoms with Crippen molar-refractivity contribution in [3.05, 3.63) is 60.3 Å². The van der Waals surface area contributed by atoms with Crippen molar-refractivity contribution in [1.82, 2.24) is 10.9 Å². The number of benzene rings is 2. The molecule has 4 N–H and O–H groups in total. The van der Waals surface area contributed by atoms with Crippen LogP contribution in [-0.2, 0) is 9.59 Å².